The summed E-state index contributed by atoms with van der Waals surface area (Å²) >= 11 is 13.8. The minimum atomic E-state index is -0.118. The van der Waals surface area contributed by atoms with Gasteiger partial charge in [-0.1, -0.05) is 79.9 Å². The monoisotopic (exact) mass is 430 g/mol. The second-order valence-electron chi connectivity index (χ2n) is 5.02. The normalized spacial score (nSPS) is 11.4. The topological polar surface area (TPSA) is 9.23 Å². The molecule has 0 fully saturated rings. The molecule has 0 N–H and O–H groups in total. The molecule has 21 heavy (non-hydrogen) atoms. The molecule has 2 aromatic rings. The van der Waals surface area contributed by atoms with Crippen molar-refractivity contribution >= 4 is 43.5 Å². The highest BCUT2D eigenvalue weighted by Gasteiger charge is 2.33. The molecule has 0 radical (unpaired) electrons. The van der Waals surface area contributed by atoms with E-state index in [1.54, 1.807) is 7.11 Å². The fourth-order valence-corrected chi connectivity index (χ4v) is 4.74. The highest BCUT2D eigenvalue weighted by molar-refractivity contribution is 9.09. The van der Waals surface area contributed by atoms with Gasteiger partial charge in [-0.15, -0.1) is 0 Å². The van der Waals surface area contributed by atoms with Crippen molar-refractivity contribution in [2.24, 2.45) is 0 Å². The smallest absolute Gasteiger partial charge is 0.122 e. The number of rotatable bonds is 6. The minimum Gasteiger partial charge on any atom is -0.496 e. The maximum absolute atomic E-state index is 6.43. The quantitative estimate of drug-likeness (QED) is 0.539. The molecule has 0 bridgehead atoms. The first-order valence-corrected chi connectivity index (χ1v) is 9.28. The summed E-state index contributed by atoms with van der Waals surface area (Å²) in [5.41, 5.74) is 2.21. The van der Waals surface area contributed by atoms with E-state index in [9.17, 15) is 0 Å². The molecule has 0 saturated carbocycles. The number of hydrogen-bond donors (Lipinski definition) is 0. The van der Waals surface area contributed by atoms with Crippen molar-refractivity contribution in [1.82, 2.24) is 0 Å². The van der Waals surface area contributed by atoms with Crippen LogP contribution < -0.4 is 4.74 Å². The first kappa shape index (κ1) is 16.9. The molecule has 0 amide bonds. The van der Waals surface area contributed by atoms with E-state index in [0.29, 0.717) is 0 Å². The second kappa shape index (κ2) is 7.66. The van der Waals surface area contributed by atoms with Gasteiger partial charge in [-0.2, -0.15) is 0 Å². The zero-order chi connectivity index (χ0) is 15.3. The van der Waals surface area contributed by atoms with Gasteiger partial charge in [0.15, 0.2) is 0 Å². The van der Waals surface area contributed by atoms with Crippen LogP contribution in [-0.4, -0.2) is 17.8 Å². The predicted octanol–water partition coefficient (Wildman–Crippen LogP) is 5.62. The Balaban J connectivity index is 2.46. The summed E-state index contributed by atoms with van der Waals surface area (Å²) < 4.78 is 5.48. The Bertz CT molecular complexity index is 597. The van der Waals surface area contributed by atoms with Crippen molar-refractivity contribution in [2.75, 3.05) is 17.8 Å². The average molecular weight is 433 g/mol. The maximum Gasteiger partial charge on any atom is 0.122 e. The van der Waals surface area contributed by atoms with Gasteiger partial charge in [-0.05, 0) is 29.7 Å². The van der Waals surface area contributed by atoms with Crippen LogP contribution in [0, 0.1) is 0 Å². The summed E-state index contributed by atoms with van der Waals surface area (Å²) in [6.07, 6.45) is 0.844. The SMILES string of the molecule is COc1ccccc1CC(CBr)(CBr)c1ccccc1Cl. The van der Waals surface area contributed by atoms with Gasteiger partial charge >= 0.3 is 0 Å². The van der Waals surface area contributed by atoms with Crippen molar-refractivity contribution in [3.05, 3.63) is 64.7 Å². The van der Waals surface area contributed by atoms with Crippen molar-refractivity contribution < 1.29 is 4.74 Å². The van der Waals surface area contributed by atoms with Crippen LogP contribution in [0.25, 0.3) is 0 Å². The molecule has 0 aliphatic carbocycles. The Hall–Kier alpha value is -0.510. The highest BCUT2D eigenvalue weighted by Crippen LogP contribution is 2.38. The fraction of sp³-hybridized carbons (Fsp3) is 0.294. The number of hydrogen-bond acceptors (Lipinski definition) is 1. The van der Waals surface area contributed by atoms with Crippen LogP contribution in [-0.2, 0) is 11.8 Å². The van der Waals surface area contributed by atoms with Gasteiger partial charge in [0.05, 0.1) is 7.11 Å². The van der Waals surface area contributed by atoms with Gasteiger partial charge in [0, 0.05) is 21.1 Å². The van der Waals surface area contributed by atoms with E-state index in [0.717, 1.165) is 33.4 Å². The highest BCUT2D eigenvalue weighted by atomic mass is 79.9. The van der Waals surface area contributed by atoms with Crippen LogP contribution >= 0.6 is 43.5 Å². The number of alkyl halides is 2. The maximum atomic E-state index is 6.43. The Morgan fingerprint density at radius 1 is 1.00 bits per heavy atom. The van der Waals surface area contributed by atoms with Crippen LogP contribution in [0.4, 0.5) is 0 Å². The molecular formula is C17H17Br2ClO. The standard InChI is InChI=1S/C17H17Br2ClO/c1-21-16-9-5-2-6-13(16)10-17(11-18,12-19)14-7-3-4-8-15(14)20/h2-9H,10-12H2,1H3. The summed E-state index contributed by atoms with van der Waals surface area (Å²) in [7, 11) is 1.71. The zero-order valence-corrected chi connectivity index (χ0v) is 15.7. The van der Waals surface area contributed by atoms with Gasteiger partial charge < -0.3 is 4.74 Å². The van der Waals surface area contributed by atoms with E-state index in [4.69, 9.17) is 16.3 Å². The van der Waals surface area contributed by atoms with Gasteiger partial charge in [-0.25, -0.2) is 0 Å². The van der Waals surface area contributed by atoms with Gasteiger partial charge in [-0.3, -0.25) is 0 Å². The largest absolute Gasteiger partial charge is 0.496 e. The molecule has 2 aromatic carbocycles. The Kier molecular flexibility index (Phi) is 6.15. The number of benzene rings is 2. The van der Waals surface area contributed by atoms with E-state index >= 15 is 0 Å². The van der Waals surface area contributed by atoms with Crippen molar-refractivity contribution in [3.63, 3.8) is 0 Å². The molecule has 0 heterocycles. The lowest BCUT2D eigenvalue weighted by atomic mass is 9.79. The van der Waals surface area contributed by atoms with Crippen molar-refractivity contribution in [3.8, 4) is 5.75 Å². The van der Waals surface area contributed by atoms with Gasteiger partial charge in [0.1, 0.15) is 5.75 Å². The summed E-state index contributed by atoms with van der Waals surface area (Å²) in [6, 6.07) is 16.2. The molecule has 0 atom stereocenters. The molecule has 2 rings (SSSR count). The predicted molar refractivity (Wildman–Crippen MR) is 97.4 cm³/mol. The molecule has 0 aromatic heterocycles. The molecule has 0 saturated heterocycles. The third-order valence-corrected chi connectivity index (χ3v) is 6.15. The van der Waals surface area contributed by atoms with Gasteiger partial charge in [0.25, 0.3) is 0 Å². The lowest BCUT2D eigenvalue weighted by molar-refractivity contribution is 0.404. The Morgan fingerprint density at radius 2 is 1.62 bits per heavy atom. The summed E-state index contributed by atoms with van der Waals surface area (Å²) in [5.74, 6) is 0.913. The van der Waals surface area contributed by atoms with Crippen molar-refractivity contribution in [1.29, 1.82) is 0 Å². The average Bonchev–Trinajstić information content (AvgIpc) is 2.54. The minimum absolute atomic E-state index is 0.118. The third-order valence-electron chi connectivity index (χ3n) is 3.68. The Labute approximate surface area is 147 Å². The second-order valence-corrected chi connectivity index (χ2v) is 6.54. The summed E-state index contributed by atoms with van der Waals surface area (Å²) in [6.45, 7) is 0. The van der Waals surface area contributed by atoms with E-state index in [1.165, 1.54) is 5.56 Å². The van der Waals surface area contributed by atoms with E-state index < -0.39 is 0 Å². The summed E-state index contributed by atoms with van der Waals surface area (Å²) in [5, 5.41) is 2.42. The number of halogens is 3. The van der Waals surface area contributed by atoms with E-state index in [1.807, 2.05) is 36.4 Å². The van der Waals surface area contributed by atoms with Crippen LogP contribution in [0.15, 0.2) is 48.5 Å². The molecule has 0 unspecified atom stereocenters. The zero-order valence-electron chi connectivity index (χ0n) is 11.8. The lowest BCUT2D eigenvalue weighted by Gasteiger charge is -2.32. The molecule has 1 nitrogen and oxygen atoms in total. The molecule has 112 valence electrons. The first-order chi connectivity index (χ1) is 10.2. The van der Waals surface area contributed by atoms with E-state index in [-0.39, 0.29) is 5.41 Å². The lowest BCUT2D eigenvalue weighted by Crippen LogP contribution is -2.33. The van der Waals surface area contributed by atoms with Crippen LogP contribution in [0.5, 0.6) is 5.75 Å². The van der Waals surface area contributed by atoms with E-state index in [2.05, 4.69) is 44.0 Å². The van der Waals surface area contributed by atoms with Crippen LogP contribution in [0.3, 0.4) is 0 Å². The number of methoxy groups -OCH3 is 1. The third kappa shape index (κ3) is 3.64. The molecule has 0 aliphatic rings. The van der Waals surface area contributed by atoms with Crippen molar-refractivity contribution in [2.45, 2.75) is 11.8 Å². The van der Waals surface area contributed by atoms with Crippen LogP contribution in [0.2, 0.25) is 5.02 Å². The fourth-order valence-electron chi connectivity index (χ4n) is 2.47. The summed E-state index contributed by atoms with van der Waals surface area (Å²) in [4.78, 5) is 0. The van der Waals surface area contributed by atoms with Crippen LogP contribution in [0.1, 0.15) is 11.1 Å². The number of ether oxygens (including phenoxy) is 1. The molecule has 0 aliphatic heterocycles. The molecule has 0 spiro atoms. The first-order valence-electron chi connectivity index (χ1n) is 6.65. The number of para-hydroxylation sites is 1. The molecular weight excluding hydrogens is 415 g/mol. The Morgan fingerprint density at radius 3 is 2.24 bits per heavy atom. The van der Waals surface area contributed by atoms with Gasteiger partial charge in [0.2, 0.25) is 0 Å². The molecule has 4 heteroatoms.